The molecule has 3 heterocycles. The number of likely N-dealkylation sites (N-methyl/N-ethyl adjacent to an activating group) is 1. The van der Waals surface area contributed by atoms with Crippen molar-refractivity contribution in [3.05, 3.63) is 47.5 Å². The van der Waals surface area contributed by atoms with Crippen molar-refractivity contribution < 1.29 is 4.79 Å². The van der Waals surface area contributed by atoms with Crippen molar-refractivity contribution in [3.8, 4) is 0 Å². The number of carbonyl (C=O) groups is 1. The number of rotatable bonds is 2. The number of carbonyl (C=O) groups excluding carboxylic acids is 1. The van der Waals surface area contributed by atoms with Crippen LogP contribution in [0.5, 0.6) is 0 Å². The van der Waals surface area contributed by atoms with Crippen LogP contribution in [-0.2, 0) is 11.3 Å². The zero-order chi connectivity index (χ0) is 15.3. The van der Waals surface area contributed by atoms with E-state index in [-0.39, 0.29) is 11.8 Å². The number of hydrogen-bond donors (Lipinski definition) is 1. The van der Waals surface area contributed by atoms with E-state index in [2.05, 4.69) is 34.0 Å². The van der Waals surface area contributed by atoms with E-state index in [0.717, 1.165) is 24.4 Å². The third-order valence-electron chi connectivity index (χ3n) is 5.09. The van der Waals surface area contributed by atoms with Crippen LogP contribution in [0.4, 0.5) is 5.69 Å². The zero-order valence-corrected chi connectivity index (χ0v) is 12.9. The van der Waals surface area contributed by atoms with Crippen molar-refractivity contribution >= 4 is 11.6 Å². The van der Waals surface area contributed by atoms with Crippen LogP contribution in [0.3, 0.4) is 0 Å². The molecule has 22 heavy (non-hydrogen) atoms. The summed E-state index contributed by atoms with van der Waals surface area (Å²) in [5, 5.41) is 0. The summed E-state index contributed by atoms with van der Waals surface area (Å²) >= 11 is 0. The van der Waals surface area contributed by atoms with E-state index in [1.54, 1.807) is 6.33 Å². The molecular formula is C17H20N4O. The van der Waals surface area contributed by atoms with Crippen molar-refractivity contribution in [1.29, 1.82) is 0 Å². The van der Waals surface area contributed by atoms with Gasteiger partial charge >= 0.3 is 0 Å². The van der Waals surface area contributed by atoms with Gasteiger partial charge in [-0.15, -0.1) is 0 Å². The molecule has 4 rings (SSSR count). The van der Waals surface area contributed by atoms with Gasteiger partial charge < -0.3 is 14.8 Å². The lowest BCUT2D eigenvalue weighted by Crippen LogP contribution is -2.48. The summed E-state index contributed by atoms with van der Waals surface area (Å²) in [6, 6.07) is 8.58. The maximum atomic E-state index is 13.0. The first-order chi connectivity index (χ1) is 10.7. The second kappa shape index (κ2) is 4.87. The summed E-state index contributed by atoms with van der Waals surface area (Å²) in [4.78, 5) is 24.6. The van der Waals surface area contributed by atoms with Crippen LogP contribution in [0.2, 0.25) is 0 Å². The van der Waals surface area contributed by atoms with Crippen LogP contribution in [0.15, 0.2) is 30.6 Å². The van der Waals surface area contributed by atoms with Gasteiger partial charge in [-0.05, 0) is 25.0 Å². The molecule has 1 amide bonds. The Morgan fingerprint density at radius 1 is 1.36 bits per heavy atom. The third kappa shape index (κ3) is 1.85. The predicted octanol–water partition coefficient (Wildman–Crippen LogP) is 2.05. The predicted molar refractivity (Wildman–Crippen MR) is 84.7 cm³/mol. The van der Waals surface area contributed by atoms with Gasteiger partial charge in [0.2, 0.25) is 5.91 Å². The lowest BCUT2D eigenvalue weighted by Gasteiger charge is -2.37. The number of para-hydroxylation sites is 1. The number of nitrogens with one attached hydrogen (secondary N) is 1. The van der Waals surface area contributed by atoms with Gasteiger partial charge in [-0.2, -0.15) is 0 Å². The number of H-pyrrole nitrogens is 1. The number of aromatic nitrogens is 2. The molecule has 2 aliphatic rings. The molecule has 0 bridgehead atoms. The van der Waals surface area contributed by atoms with Gasteiger partial charge in [0, 0.05) is 25.3 Å². The molecule has 2 unspecified atom stereocenters. The Balaban J connectivity index is 1.64. The number of aromatic amines is 1. The molecule has 114 valence electrons. The lowest BCUT2D eigenvalue weighted by atomic mass is 9.88. The van der Waals surface area contributed by atoms with Crippen LogP contribution < -0.4 is 4.90 Å². The summed E-state index contributed by atoms with van der Waals surface area (Å²) < 4.78 is 0. The van der Waals surface area contributed by atoms with Crippen molar-refractivity contribution in [1.82, 2.24) is 14.9 Å². The number of hydrogen-bond acceptors (Lipinski definition) is 3. The van der Waals surface area contributed by atoms with E-state index in [1.807, 2.05) is 24.0 Å². The summed E-state index contributed by atoms with van der Waals surface area (Å²) in [6.07, 6.45) is 2.70. The number of nitrogens with zero attached hydrogens (tertiary/aromatic N) is 3. The van der Waals surface area contributed by atoms with Crippen LogP contribution >= 0.6 is 0 Å². The van der Waals surface area contributed by atoms with Gasteiger partial charge in [0.1, 0.15) is 0 Å². The standard InChI is InChI=1S/C17H20N4O/c1-11-13(19-10-18-11)9-21-8-7-15-16(17(21)22)12-5-3-4-6-14(12)20(15)2/h3-6,10,15-16H,7-9H2,1-2H3,(H,18,19). The molecule has 5 nitrogen and oxygen atoms in total. The highest BCUT2D eigenvalue weighted by molar-refractivity contribution is 5.90. The highest BCUT2D eigenvalue weighted by atomic mass is 16.2. The van der Waals surface area contributed by atoms with E-state index >= 15 is 0 Å². The fourth-order valence-corrected chi connectivity index (χ4v) is 3.83. The SMILES string of the molecule is Cc1nc[nH]c1CN1CCC2C(C1=O)c1ccccc1N2C. The zero-order valence-electron chi connectivity index (χ0n) is 12.9. The first-order valence-corrected chi connectivity index (χ1v) is 7.76. The number of amides is 1. The Bertz CT molecular complexity index is 723. The van der Waals surface area contributed by atoms with Crippen molar-refractivity contribution in [2.75, 3.05) is 18.5 Å². The Kier molecular flexibility index (Phi) is 2.96. The van der Waals surface area contributed by atoms with Crippen molar-refractivity contribution in [2.24, 2.45) is 0 Å². The lowest BCUT2D eigenvalue weighted by molar-refractivity contribution is -0.136. The molecule has 0 radical (unpaired) electrons. The summed E-state index contributed by atoms with van der Waals surface area (Å²) in [7, 11) is 2.10. The second-order valence-electron chi connectivity index (χ2n) is 6.23. The average Bonchev–Trinajstić information content (AvgIpc) is 3.05. The smallest absolute Gasteiger partial charge is 0.232 e. The van der Waals surface area contributed by atoms with Crippen LogP contribution in [-0.4, -0.2) is 40.4 Å². The summed E-state index contributed by atoms with van der Waals surface area (Å²) in [6.45, 7) is 3.40. The van der Waals surface area contributed by atoms with E-state index in [4.69, 9.17) is 0 Å². The topological polar surface area (TPSA) is 52.2 Å². The van der Waals surface area contributed by atoms with E-state index in [0.29, 0.717) is 12.6 Å². The largest absolute Gasteiger partial charge is 0.370 e. The van der Waals surface area contributed by atoms with Gasteiger partial charge in [-0.3, -0.25) is 4.79 Å². The molecule has 0 saturated carbocycles. The second-order valence-corrected chi connectivity index (χ2v) is 6.23. The van der Waals surface area contributed by atoms with Gasteiger partial charge in [0.25, 0.3) is 0 Å². The summed E-state index contributed by atoms with van der Waals surface area (Å²) in [5.74, 6) is 0.209. The minimum atomic E-state index is -0.0295. The number of anilines is 1. The van der Waals surface area contributed by atoms with Gasteiger partial charge in [-0.1, -0.05) is 18.2 Å². The molecule has 1 aromatic carbocycles. The fourth-order valence-electron chi connectivity index (χ4n) is 3.83. The molecule has 1 fully saturated rings. The number of likely N-dealkylation sites (tertiary alicyclic amines) is 1. The number of benzene rings is 1. The minimum absolute atomic E-state index is 0.0295. The number of imidazole rings is 1. The van der Waals surface area contributed by atoms with E-state index in [9.17, 15) is 4.79 Å². The van der Waals surface area contributed by atoms with Gasteiger partial charge in [-0.25, -0.2) is 4.98 Å². The monoisotopic (exact) mass is 296 g/mol. The summed E-state index contributed by atoms with van der Waals surface area (Å²) in [5.41, 5.74) is 4.38. The fraction of sp³-hybridized carbons (Fsp3) is 0.412. The molecule has 2 atom stereocenters. The maximum absolute atomic E-state index is 13.0. The Hall–Kier alpha value is -2.30. The van der Waals surface area contributed by atoms with Crippen LogP contribution in [0, 0.1) is 6.92 Å². The molecule has 2 aromatic rings. The third-order valence-corrected chi connectivity index (χ3v) is 5.09. The molecule has 0 aliphatic carbocycles. The maximum Gasteiger partial charge on any atom is 0.232 e. The number of fused-ring (bicyclic) bond motifs is 3. The Labute approximate surface area is 130 Å². The average molecular weight is 296 g/mol. The molecule has 1 N–H and O–H groups in total. The van der Waals surface area contributed by atoms with Gasteiger partial charge in [0.05, 0.1) is 30.2 Å². The molecule has 1 aromatic heterocycles. The molecular weight excluding hydrogens is 276 g/mol. The highest BCUT2D eigenvalue weighted by Gasteiger charge is 2.45. The van der Waals surface area contributed by atoms with Crippen LogP contribution in [0.1, 0.15) is 29.3 Å². The molecule has 0 spiro atoms. The number of aryl methyl sites for hydroxylation is 1. The van der Waals surface area contributed by atoms with E-state index in [1.165, 1.54) is 11.3 Å². The van der Waals surface area contributed by atoms with E-state index < -0.39 is 0 Å². The van der Waals surface area contributed by atoms with Crippen molar-refractivity contribution in [2.45, 2.75) is 31.8 Å². The first-order valence-electron chi connectivity index (χ1n) is 7.76. The van der Waals surface area contributed by atoms with Crippen molar-refractivity contribution in [3.63, 3.8) is 0 Å². The molecule has 2 aliphatic heterocycles. The quantitative estimate of drug-likeness (QED) is 0.923. The normalized spacial score (nSPS) is 23.6. The molecule has 1 saturated heterocycles. The molecule has 5 heteroatoms. The first kappa shape index (κ1) is 13.4. The Morgan fingerprint density at radius 3 is 2.95 bits per heavy atom. The number of piperidine rings is 1. The van der Waals surface area contributed by atoms with Crippen LogP contribution in [0.25, 0.3) is 0 Å². The minimum Gasteiger partial charge on any atom is -0.370 e. The Morgan fingerprint density at radius 2 is 2.18 bits per heavy atom. The highest BCUT2D eigenvalue weighted by Crippen LogP contribution is 2.44. The van der Waals surface area contributed by atoms with Gasteiger partial charge in [0.15, 0.2) is 0 Å².